The van der Waals surface area contributed by atoms with Crippen molar-refractivity contribution in [3.8, 4) is 11.1 Å². The number of anilines is 1. The van der Waals surface area contributed by atoms with Gasteiger partial charge in [0.15, 0.2) is 0 Å². The molecule has 4 rings (SSSR count). The van der Waals surface area contributed by atoms with Crippen molar-refractivity contribution in [3.05, 3.63) is 78.9 Å². The monoisotopic (exact) mass is 269 g/mol. The quantitative estimate of drug-likeness (QED) is 0.470. The maximum atomic E-state index is 5.89. The molecule has 0 aliphatic rings. The highest BCUT2D eigenvalue weighted by molar-refractivity contribution is 5.92. The lowest BCUT2D eigenvalue weighted by Crippen LogP contribution is -1.85. The Labute approximate surface area is 123 Å². The van der Waals surface area contributed by atoms with Crippen LogP contribution >= 0.6 is 0 Å². The minimum atomic E-state index is 0.804. The summed E-state index contributed by atoms with van der Waals surface area (Å²) >= 11 is 0. The molecule has 4 aromatic carbocycles. The van der Waals surface area contributed by atoms with E-state index in [2.05, 4.69) is 66.7 Å². The lowest BCUT2D eigenvalue weighted by Gasteiger charge is -2.06. The Kier molecular flexibility index (Phi) is 2.65. The van der Waals surface area contributed by atoms with Crippen LogP contribution in [0.25, 0.3) is 32.7 Å². The number of hydrogen-bond acceptors (Lipinski definition) is 1. The average Bonchev–Trinajstić information content (AvgIpc) is 2.53. The molecule has 0 aliphatic carbocycles. The standard InChI is InChI=1S/C20H15N/c21-20-10-9-15-6-8-18(12-19(15)13-20)17-7-5-14-3-1-2-4-16(14)11-17/h1-13H,21H2. The van der Waals surface area contributed by atoms with Gasteiger partial charge in [-0.2, -0.15) is 0 Å². The second kappa shape index (κ2) is 4.64. The maximum absolute atomic E-state index is 5.89. The average molecular weight is 269 g/mol. The predicted octanol–water partition coefficient (Wildman–Crippen LogP) is 5.24. The van der Waals surface area contributed by atoms with Gasteiger partial charge < -0.3 is 5.73 Å². The van der Waals surface area contributed by atoms with Crippen LogP contribution in [0.1, 0.15) is 0 Å². The number of benzene rings is 4. The van der Waals surface area contributed by atoms with Crippen LogP contribution in [-0.2, 0) is 0 Å². The van der Waals surface area contributed by atoms with Gasteiger partial charge in [-0.05, 0) is 56.9 Å². The van der Waals surface area contributed by atoms with E-state index >= 15 is 0 Å². The van der Waals surface area contributed by atoms with Crippen LogP contribution in [0.4, 0.5) is 5.69 Å². The van der Waals surface area contributed by atoms with Gasteiger partial charge in [0.25, 0.3) is 0 Å². The molecule has 0 aliphatic heterocycles. The van der Waals surface area contributed by atoms with Gasteiger partial charge in [-0.3, -0.25) is 0 Å². The van der Waals surface area contributed by atoms with E-state index in [0.29, 0.717) is 0 Å². The van der Waals surface area contributed by atoms with Gasteiger partial charge >= 0.3 is 0 Å². The number of rotatable bonds is 1. The molecule has 0 heterocycles. The molecule has 100 valence electrons. The smallest absolute Gasteiger partial charge is 0.0320 e. The van der Waals surface area contributed by atoms with Crippen LogP contribution in [0, 0.1) is 0 Å². The Hall–Kier alpha value is -2.80. The van der Waals surface area contributed by atoms with Gasteiger partial charge in [0, 0.05) is 5.69 Å². The summed E-state index contributed by atoms with van der Waals surface area (Å²) in [7, 11) is 0. The molecular weight excluding hydrogens is 254 g/mol. The first-order chi connectivity index (χ1) is 10.3. The molecule has 21 heavy (non-hydrogen) atoms. The zero-order valence-electron chi connectivity index (χ0n) is 11.6. The van der Waals surface area contributed by atoms with Gasteiger partial charge in [-0.25, -0.2) is 0 Å². The van der Waals surface area contributed by atoms with Crippen LogP contribution in [0.15, 0.2) is 78.9 Å². The van der Waals surface area contributed by atoms with Crippen molar-refractivity contribution in [2.24, 2.45) is 0 Å². The molecule has 0 spiro atoms. The van der Waals surface area contributed by atoms with E-state index in [1.165, 1.54) is 32.7 Å². The van der Waals surface area contributed by atoms with E-state index < -0.39 is 0 Å². The van der Waals surface area contributed by atoms with Crippen molar-refractivity contribution in [3.63, 3.8) is 0 Å². The topological polar surface area (TPSA) is 26.0 Å². The van der Waals surface area contributed by atoms with Crippen molar-refractivity contribution in [1.82, 2.24) is 0 Å². The zero-order chi connectivity index (χ0) is 14.2. The fraction of sp³-hybridized carbons (Fsp3) is 0. The first kappa shape index (κ1) is 12.0. The highest BCUT2D eigenvalue weighted by Crippen LogP contribution is 2.28. The van der Waals surface area contributed by atoms with E-state index in [4.69, 9.17) is 5.73 Å². The number of nitrogens with two attached hydrogens (primary N) is 1. The molecule has 0 bridgehead atoms. The molecule has 0 amide bonds. The molecule has 0 aromatic heterocycles. The van der Waals surface area contributed by atoms with Crippen LogP contribution in [0.2, 0.25) is 0 Å². The molecule has 1 heteroatoms. The summed E-state index contributed by atoms with van der Waals surface area (Å²) < 4.78 is 0. The summed E-state index contributed by atoms with van der Waals surface area (Å²) in [6.45, 7) is 0. The summed E-state index contributed by atoms with van der Waals surface area (Å²) in [5, 5.41) is 4.93. The summed E-state index contributed by atoms with van der Waals surface area (Å²) in [5.41, 5.74) is 9.15. The van der Waals surface area contributed by atoms with E-state index in [0.717, 1.165) is 5.69 Å². The van der Waals surface area contributed by atoms with Crippen molar-refractivity contribution in [2.45, 2.75) is 0 Å². The molecule has 0 unspecified atom stereocenters. The molecule has 0 fully saturated rings. The summed E-state index contributed by atoms with van der Waals surface area (Å²) in [6, 6.07) is 27.6. The van der Waals surface area contributed by atoms with E-state index in [9.17, 15) is 0 Å². The normalized spacial score (nSPS) is 11.0. The van der Waals surface area contributed by atoms with Crippen molar-refractivity contribution in [2.75, 3.05) is 5.73 Å². The van der Waals surface area contributed by atoms with E-state index in [1.807, 2.05) is 12.1 Å². The Morgan fingerprint density at radius 2 is 1.05 bits per heavy atom. The summed E-state index contributed by atoms with van der Waals surface area (Å²) in [4.78, 5) is 0. The third-order valence-electron chi connectivity index (χ3n) is 3.95. The molecular formula is C20H15N. The Balaban J connectivity index is 1.90. The molecule has 1 nitrogen and oxygen atoms in total. The fourth-order valence-corrected chi connectivity index (χ4v) is 2.81. The number of fused-ring (bicyclic) bond motifs is 2. The van der Waals surface area contributed by atoms with E-state index in [1.54, 1.807) is 0 Å². The van der Waals surface area contributed by atoms with Crippen LogP contribution in [0.3, 0.4) is 0 Å². The Morgan fingerprint density at radius 1 is 0.476 bits per heavy atom. The van der Waals surface area contributed by atoms with E-state index in [-0.39, 0.29) is 0 Å². The first-order valence-corrected chi connectivity index (χ1v) is 7.08. The summed E-state index contributed by atoms with van der Waals surface area (Å²) in [6.07, 6.45) is 0. The first-order valence-electron chi connectivity index (χ1n) is 7.08. The molecule has 0 radical (unpaired) electrons. The molecule has 0 saturated heterocycles. The van der Waals surface area contributed by atoms with Crippen molar-refractivity contribution in [1.29, 1.82) is 0 Å². The zero-order valence-corrected chi connectivity index (χ0v) is 11.6. The minimum Gasteiger partial charge on any atom is -0.399 e. The van der Waals surface area contributed by atoms with Gasteiger partial charge in [-0.15, -0.1) is 0 Å². The fourth-order valence-electron chi connectivity index (χ4n) is 2.81. The van der Waals surface area contributed by atoms with Crippen LogP contribution < -0.4 is 5.73 Å². The van der Waals surface area contributed by atoms with Crippen LogP contribution in [0.5, 0.6) is 0 Å². The lowest BCUT2D eigenvalue weighted by atomic mass is 9.98. The van der Waals surface area contributed by atoms with Gasteiger partial charge in [0.05, 0.1) is 0 Å². The molecule has 0 saturated carbocycles. The van der Waals surface area contributed by atoms with Crippen molar-refractivity contribution >= 4 is 27.2 Å². The van der Waals surface area contributed by atoms with Gasteiger partial charge in [0.2, 0.25) is 0 Å². The van der Waals surface area contributed by atoms with Gasteiger partial charge in [-0.1, -0.05) is 54.6 Å². The molecule has 4 aromatic rings. The van der Waals surface area contributed by atoms with Crippen LogP contribution in [-0.4, -0.2) is 0 Å². The summed E-state index contributed by atoms with van der Waals surface area (Å²) in [5.74, 6) is 0. The highest BCUT2D eigenvalue weighted by Gasteiger charge is 2.02. The third kappa shape index (κ3) is 2.13. The minimum absolute atomic E-state index is 0.804. The number of hydrogen-bond donors (Lipinski definition) is 1. The predicted molar refractivity (Wildman–Crippen MR) is 91.3 cm³/mol. The number of nitrogen functional groups attached to an aromatic ring is 1. The third-order valence-corrected chi connectivity index (χ3v) is 3.95. The second-order valence-corrected chi connectivity index (χ2v) is 5.38. The molecule has 2 N–H and O–H groups in total. The maximum Gasteiger partial charge on any atom is 0.0320 e. The Bertz CT molecular complexity index is 954. The lowest BCUT2D eigenvalue weighted by molar-refractivity contribution is 1.67. The SMILES string of the molecule is Nc1ccc2ccc(-c3ccc4ccccc4c3)cc2c1. The van der Waals surface area contributed by atoms with Crippen molar-refractivity contribution < 1.29 is 0 Å². The Morgan fingerprint density at radius 3 is 1.81 bits per heavy atom. The van der Waals surface area contributed by atoms with Gasteiger partial charge in [0.1, 0.15) is 0 Å². The second-order valence-electron chi connectivity index (χ2n) is 5.38. The largest absolute Gasteiger partial charge is 0.399 e. The molecule has 0 atom stereocenters. The highest BCUT2D eigenvalue weighted by atomic mass is 14.5.